The second-order valence-corrected chi connectivity index (χ2v) is 5.93. The zero-order valence-corrected chi connectivity index (χ0v) is 13.1. The van der Waals surface area contributed by atoms with Crippen LogP contribution in [0.3, 0.4) is 0 Å². The van der Waals surface area contributed by atoms with Gasteiger partial charge in [-0.1, -0.05) is 29.8 Å². The number of amides is 1. The fourth-order valence-corrected chi connectivity index (χ4v) is 2.84. The summed E-state index contributed by atoms with van der Waals surface area (Å²) in [6.45, 7) is 7.07. The molecule has 0 spiro atoms. The monoisotopic (exact) mass is 298 g/mol. The van der Waals surface area contributed by atoms with Crippen LogP contribution in [0.2, 0.25) is 0 Å². The van der Waals surface area contributed by atoms with Gasteiger partial charge in [-0.05, 0) is 19.4 Å². The summed E-state index contributed by atoms with van der Waals surface area (Å²) < 4.78 is 0. The van der Waals surface area contributed by atoms with Gasteiger partial charge >= 0.3 is 0 Å². The Balaban J connectivity index is 1.62. The zero-order chi connectivity index (χ0) is 15.5. The van der Waals surface area contributed by atoms with Crippen molar-refractivity contribution in [1.82, 2.24) is 19.8 Å². The average Bonchev–Trinajstić information content (AvgIpc) is 3.02. The number of aromatic amines is 1. The lowest BCUT2D eigenvalue weighted by Gasteiger charge is -2.38. The van der Waals surface area contributed by atoms with Crippen molar-refractivity contribution in [3.63, 3.8) is 0 Å². The number of aromatic nitrogens is 2. The van der Waals surface area contributed by atoms with Crippen LogP contribution in [0.4, 0.5) is 0 Å². The molecular weight excluding hydrogens is 276 g/mol. The normalized spacial score (nSPS) is 19.6. The maximum atomic E-state index is 12.6. The number of aryl methyl sites for hydroxylation is 1. The van der Waals surface area contributed by atoms with Crippen molar-refractivity contribution < 1.29 is 4.79 Å². The number of imidazole rings is 1. The number of nitrogens with zero attached hydrogens (tertiary/aromatic N) is 3. The molecule has 1 amide bonds. The zero-order valence-electron chi connectivity index (χ0n) is 13.1. The van der Waals surface area contributed by atoms with Crippen LogP contribution < -0.4 is 0 Å². The number of hydrogen-bond donors (Lipinski definition) is 1. The van der Waals surface area contributed by atoms with Crippen LogP contribution >= 0.6 is 0 Å². The Morgan fingerprint density at radius 3 is 2.68 bits per heavy atom. The van der Waals surface area contributed by atoms with E-state index in [1.165, 1.54) is 11.1 Å². The first kappa shape index (κ1) is 14.8. The highest BCUT2D eigenvalue weighted by Gasteiger charge is 2.31. The van der Waals surface area contributed by atoms with Crippen LogP contribution in [0.1, 0.15) is 23.9 Å². The van der Waals surface area contributed by atoms with Crippen LogP contribution in [0.5, 0.6) is 0 Å². The molecule has 2 heterocycles. The van der Waals surface area contributed by atoms with Crippen molar-refractivity contribution in [2.24, 2.45) is 0 Å². The van der Waals surface area contributed by atoms with Crippen LogP contribution in [-0.4, -0.2) is 44.8 Å². The summed E-state index contributed by atoms with van der Waals surface area (Å²) in [5.74, 6) is 1.10. The molecule has 1 aliphatic heterocycles. The van der Waals surface area contributed by atoms with Gasteiger partial charge in [-0.15, -0.1) is 0 Å². The molecule has 1 fully saturated rings. The maximum absolute atomic E-state index is 12.6. The lowest BCUT2D eigenvalue weighted by Crippen LogP contribution is -2.55. The SMILES string of the molecule is Cc1ccc(CN2CCN(Cc3ncc[nH]3)[C@@H](C)C2=O)cc1. The number of carbonyl (C=O) groups is 1. The Hall–Kier alpha value is -2.14. The molecule has 116 valence electrons. The molecule has 1 aromatic heterocycles. The Labute approximate surface area is 131 Å². The third-order valence-corrected chi connectivity index (χ3v) is 4.28. The highest BCUT2D eigenvalue weighted by Crippen LogP contribution is 2.16. The summed E-state index contributed by atoms with van der Waals surface area (Å²) in [7, 11) is 0. The van der Waals surface area contributed by atoms with Crippen molar-refractivity contribution in [3.8, 4) is 0 Å². The number of H-pyrrole nitrogens is 1. The molecule has 0 bridgehead atoms. The lowest BCUT2D eigenvalue weighted by atomic mass is 10.1. The van der Waals surface area contributed by atoms with Gasteiger partial charge in [0.05, 0.1) is 12.6 Å². The predicted molar refractivity (Wildman–Crippen MR) is 85.1 cm³/mol. The molecule has 1 aromatic carbocycles. The number of nitrogens with one attached hydrogen (secondary N) is 1. The summed E-state index contributed by atoms with van der Waals surface area (Å²) in [6.07, 6.45) is 3.56. The third kappa shape index (κ3) is 3.20. The molecule has 22 heavy (non-hydrogen) atoms. The highest BCUT2D eigenvalue weighted by atomic mass is 16.2. The van der Waals surface area contributed by atoms with Crippen LogP contribution in [0, 0.1) is 6.92 Å². The second-order valence-electron chi connectivity index (χ2n) is 5.93. The van der Waals surface area contributed by atoms with Gasteiger partial charge in [0.1, 0.15) is 5.82 Å². The predicted octanol–water partition coefficient (Wildman–Crippen LogP) is 1.95. The number of rotatable bonds is 4. The van der Waals surface area contributed by atoms with Crippen LogP contribution in [-0.2, 0) is 17.9 Å². The number of carbonyl (C=O) groups excluding carboxylic acids is 1. The molecule has 0 saturated carbocycles. The topological polar surface area (TPSA) is 52.2 Å². The molecule has 1 saturated heterocycles. The molecule has 3 rings (SSSR count). The summed E-state index contributed by atoms with van der Waals surface area (Å²) >= 11 is 0. The average molecular weight is 298 g/mol. The fraction of sp³-hybridized carbons (Fsp3) is 0.412. The van der Waals surface area contributed by atoms with E-state index in [9.17, 15) is 4.79 Å². The van der Waals surface area contributed by atoms with Gasteiger partial charge in [0.2, 0.25) is 5.91 Å². The summed E-state index contributed by atoms with van der Waals surface area (Å²) in [4.78, 5) is 24.1. The molecule has 2 aromatic rings. The first-order chi connectivity index (χ1) is 10.6. The van der Waals surface area contributed by atoms with Gasteiger partial charge in [0.25, 0.3) is 0 Å². The van der Waals surface area contributed by atoms with Gasteiger partial charge < -0.3 is 9.88 Å². The largest absolute Gasteiger partial charge is 0.348 e. The van der Waals surface area contributed by atoms with Crippen LogP contribution in [0.25, 0.3) is 0 Å². The minimum Gasteiger partial charge on any atom is -0.348 e. The molecule has 5 nitrogen and oxygen atoms in total. The first-order valence-corrected chi connectivity index (χ1v) is 7.70. The molecule has 1 atom stereocenters. The maximum Gasteiger partial charge on any atom is 0.239 e. The van der Waals surface area contributed by atoms with E-state index in [1.54, 1.807) is 6.20 Å². The summed E-state index contributed by atoms with van der Waals surface area (Å²) in [6, 6.07) is 8.28. The Kier molecular flexibility index (Phi) is 4.24. The van der Waals surface area contributed by atoms with Gasteiger partial charge in [0, 0.05) is 32.0 Å². The minimum atomic E-state index is -0.107. The molecule has 1 aliphatic rings. The number of hydrogen-bond acceptors (Lipinski definition) is 3. The smallest absolute Gasteiger partial charge is 0.239 e. The van der Waals surface area contributed by atoms with E-state index in [2.05, 4.69) is 46.1 Å². The second kappa shape index (κ2) is 6.32. The molecular formula is C17H22N4O. The van der Waals surface area contributed by atoms with Gasteiger partial charge in [-0.3, -0.25) is 9.69 Å². The van der Waals surface area contributed by atoms with Gasteiger partial charge in [-0.2, -0.15) is 0 Å². The molecule has 5 heteroatoms. The van der Waals surface area contributed by atoms with E-state index in [4.69, 9.17) is 0 Å². The highest BCUT2D eigenvalue weighted by molar-refractivity contribution is 5.82. The van der Waals surface area contributed by atoms with E-state index in [0.717, 1.165) is 18.9 Å². The molecule has 0 aliphatic carbocycles. The summed E-state index contributed by atoms with van der Waals surface area (Å²) in [5, 5.41) is 0. The van der Waals surface area contributed by atoms with Crippen molar-refractivity contribution in [2.45, 2.75) is 33.0 Å². The van der Waals surface area contributed by atoms with E-state index < -0.39 is 0 Å². The Morgan fingerprint density at radius 1 is 1.23 bits per heavy atom. The molecule has 0 unspecified atom stereocenters. The quantitative estimate of drug-likeness (QED) is 0.938. The van der Waals surface area contributed by atoms with Gasteiger partial charge in [0.15, 0.2) is 0 Å². The van der Waals surface area contributed by atoms with Crippen LogP contribution in [0.15, 0.2) is 36.7 Å². The van der Waals surface area contributed by atoms with E-state index in [0.29, 0.717) is 13.1 Å². The van der Waals surface area contributed by atoms with E-state index >= 15 is 0 Å². The standard InChI is InChI=1S/C17H22N4O/c1-13-3-5-15(6-4-13)11-21-10-9-20(14(2)17(21)22)12-16-18-7-8-19-16/h3-8,14H,9-12H2,1-2H3,(H,18,19)/t14-/m0/s1. The lowest BCUT2D eigenvalue weighted by molar-refractivity contribution is -0.142. The van der Waals surface area contributed by atoms with Crippen molar-refractivity contribution in [2.75, 3.05) is 13.1 Å². The first-order valence-electron chi connectivity index (χ1n) is 7.70. The number of benzene rings is 1. The van der Waals surface area contributed by atoms with Gasteiger partial charge in [-0.25, -0.2) is 4.98 Å². The Bertz CT molecular complexity index is 621. The third-order valence-electron chi connectivity index (χ3n) is 4.28. The van der Waals surface area contributed by atoms with Crippen molar-refractivity contribution in [3.05, 3.63) is 53.6 Å². The van der Waals surface area contributed by atoms with E-state index in [1.807, 2.05) is 18.0 Å². The van der Waals surface area contributed by atoms with Crippen molar-refractivity contribution >= 4 is 5.91 Å². The molecule has 0 radical (unpaired) electrons. The van der Waals surface area contributed by atoms with E-state index in [-0.39, 0.29) is 11.9 Å². The Morgan fingerprint density at radius 2 is 2.00 bits per heavy atom. The molecule has 1 N–H and O–H groups in total. The minimum absolute atomic E-state index is 0.107. The fourth-order valence-electron chi connectivity index (χ4n) is 2.84. The summed E-state index contributed by atoms with van der Waals surface area (Å²) in [5.41, 5.74) is 2.43. The van der Waals surface area contributed by atoms with Crippen molar-refractivity contribution in [1.29, 1.82) is 0 Å². The number of piperazine rings is 1.